The number of phenols is 1. The van der Waals surface area contributed by atoms with E-state index in [2.05, 4.69) is 55.3 Å². The number of carbonyl (C=O) groups excluding carboxylic acids is 2. The number of piperidine rings is 1. The number of oxazole rings is 1. The summed E-state index contributed by atoms with van der Waals surface area (Å²) in [5, 5.41) is 9.88. The summed E-state index contributed by atoms with van der Waals surface area (Å²) in [4.78, 5) is 28.6. The molecule has 11 heteroatoms. The van der Waals surface area contributed by atoms with Crippen molar-refractivity contribution in [3.63, 3.8) is 0 Å². The number of fused-ring (bicyclic) bond motifs is 1. The highest BCUT2D eigenvalue weighted by molar-refractivity contribution is 9.10. The van der Waals surface area contributed by atoms with Gasteiger partial charge >= 0.3 is 0 Å². The second-order valence-electron chi connectivity index (χ2n) is 12.7. The van der Waals surface area contributed by atoms with Gasteiger partial charge in [0.15, 0.2) is 12.2 Å². The Labute approximate surface area is 324 Å². The SMILES string of the molecule is C=CCc1cc(C=O)ccc1OC.COc1ccc(-c2cnco2)cc1CCN1CCC(n2ccc3ccc(C(N)=O)cc32)CC1.Oc1ccc(Br)cc1. The van der Waals surface area contributed by atoms with E-state index in [0.717, 1.165) is 88.9 Å². The van der Waals surface area contributed by atoms with Crippen LogP contribution < -0.4 is 15.2 Å². The maximum atomic E-state index is 11.6. The number of ether oxygens (including phenoxy) is 2. The molecule has 1 saturated heterocycles. The molecule has 2 aromatic heterocycles. The first kappa shape index (κ1) is 39.6. The third-order valence-corrected chi connectivity index (χ3v) is 9.81. The Morgan fingerprint density at radius 3 is 2.33 bits per heavy atom. The van der Waals surface area contributed by atoms with E-state index in [1.54, 1.807) is 69.0 Å². The van der Waals surface area contributed by atoms with E-state index in [9.17, 15) is 9.59 Å². The fourth-order valence-electron chi connectivity index (χ4n) is 6.43. The molecule has 6 aromatic rings. The number of allylic oxidation sites excluding steroid dienone is 1. The van der Waals surface area contributed by atoms with E-state index in [1.165, 1.54) is 12.0 Å². The zero-order valence-corrected chi connectivity index (χ0v) is 32.1. The van der Waals surface area contributed by atoms with Crippen LogP contribution >= 0.6 is 15.9 Å². The zero-order valence-electron chi connectivity index (χ0n) is 30.5. The maximum Gasteiger partial charge on any atom is 0.248 e. The number of benzene rings is 4. The highest BCUT2D eigenvalue weighted by atomic mass is 79.9. The van der Waals surface area contributed by atoms with E-state index < -0.39 is 0 Å². The first-order valence-corrected chi connectivity index (χ1v) is 18.4. The van der Waals surface area contributed by atoms with E-state index in [-0.39, 0.29) is 5.91 Å². The Kier molecular flexibility index (Phi) is 14.2. The molecular formula is C43H45BrN4O6. The number of amides is 1. The van der Waals surface area contributed by atoms with E-state index >= 15 is 0 Å². The minimum Gasteiger partial charge on any atom is -0.508 e. The van der Waals surface area contributed by atoms with Gasteiger partial charge in [-0.15, -0.1) is 6.58 Å². The topological polar surface area (TPSA) is 133 Å². The van der Waals surface area contributed by atoms with Crippen LogP contribution in [0.15, 0.2) is 125 Å². The number of halogens is 1. The van der Waals surface area contributed by atoms with Crippen LogP contribution in [0.4, 0.5) is 0 Å². The monoisotopic (exact) mass is 792 g/mol. The average Bonchev–Trinajstić information content (AvgIpc) is 3.90. The molecule has 0 radical (unpaired) electrons. The summed E-state index contributed by atoms with van der Waals surface area (Å²) in [6.45, 7) is 6.68. The highest BCUT2D eigenvalue weighted by Gasteiger charge is 2.22. The summed E-state index contributed by atoms with van der Waals surface area (Å²) in [5.41, 5.74) is 11.0. The standard InChI is InChI=1S/C26H28N4O3.C11H12O2.C6H5BrO/c1-32-24-5-4-19(25-16-28-17-33-25)14-20(24)6-10-29-11-8-22(9-12-29)30-13-7-18-2-3-21(26(27)31)15-23(18)30;1-3-4-10-7-9(8-12)5-6-11(10)13-2;7-5-1-3-6(8)4-2-5/h2-5,7,13-17,22H,6,8-12H2,1H3,(H2,27,31);3,5-8H,1,4H2,2H3;1-4,8H. The van der Waals surface area contributed by atoms with Crippen LogP contribution in [-0.2, 0) is 12.8 Å². The van der Waals surface area contributed by atoms with Gasteiger partial charge in [0.2, 0.25) is 5.91 Å². The number of aromatic nitrogens is 2. The minimum absolute atomic E-state index is 0.299. The number of nitrogens with two attached hydrogens (primary N) is 1. The average molecular weight is 794 g/mol. The molecule has 3 heterocycles. The summed E-state index contributed by atoms with van der Waals surface area (Å²) < 4.78 is 19.5. The van der Waals surface area contributed by atoms with Gasteiger partial charge in [0.25, 0.3) is 0 Å². The van der Waals surface area contributed by atoms with Crippen LogP contribution in [0.2, 0.25) is 0 Å². The highest BCUT2D eigenvalue weighted by Crippen LogP contribution is 2.30. The number of methoxy groups -OCH3 is 2. The lowest BCUT2D eigenvalue weighted by molar-refractivity contribution is 0.1000. The van der Waals surface area contributed by atoms with Crippen LogP contribution in [0.1, 0.15) is 50.7 Å². The van der Waals surface area contributed by atoms with Crippen LogP contribution in [-0.4, -0.2) is 65.6 Å². The molecule has 0 aliphatic carbocycles. The lowest BCUT2D eigenvalue weighted by Gasteiger charge is -2.33. The summed E-state index contributed by atoms with van der Waals surface area (Å²) >= 11 is 3.23. The predicted molar refractivity (Wildman–Crippen MR) is 215 cm³/mol. The summed E-state index contributed by atoms with van der Waals surface area (Å²) in [6, 6.07) is 26.5. The fourth-order valence-corrected chi connectivity index (χ4v) is 6.70. The number of likely N-dealkylation sites (tertiary alicyclic amines) is 1. The Morgan fingerprint density at radius 1 is 0.981 bits per heavy atom. The lowest BCUT2D eigenvalue weighted by atomic mass is 10.0. The predicted octanol–water partition coefficient (Wildman–Crippen LogP) is 8.67. The van der Waals surface area contributed by atoms with Crippen LogP contribution in [0, 0.1) is 0 Å². The zero-order chi connectivity index (χ0) is 38.5. The summed E-state index contributed by atoms with van der Waals surface area (Å²) in [7, 11) is 3.33. The third-order valence-electron chi connectivity index (χ3n) is 9.28. The Bertz CT molecular complexity index is 2120. The van der Waals surface area contributed by atoms with E-state index in [1.807, 2.05) is 30.3 Å². The molecule has 4 aromatic carbocycles. The number of aldehydes is 1. The Hall–Kier alpha value is -5.65. The van der Waals surface area contributed by atoms with Gasteiger partial charge in [-0.25, -0.2) is 4.98 Å². The van der Waals surface area contributed by atoms with E-state index in [4.69, 9.17) is 24.7 Å². The molecule has 0 saturated carbocycles. The molecule has 0 spiro atoms. The second kappa shape index (κ2) is 19.4. The molecule has 0 atom stereocenters. The van der Waals surface area contributed by atoms with Crippen molar-refractivity contribution in [1.82, 2.24) is 14.5 Å². The molecule has 0 unspecified atom stereocenters. The molecule has 7 rings (SSSR count). The third kappa shape index (κ3) is 10.5. The first-order chi connectivity index (χ1) is 26.2. The number of nitrogens with zero attached hydrogens (tertiary/aromatic N) is 3. The number of hydrogen-bond donors (Lipinski definition) is 2. The largest absolute Gasteiger partial charge is 0.508 e. The quantitative estimate of drug-likeness (QED) is 0.0984. The normalized spacial score (nSPS) is 12.9. The molecular weight excluding hydrogens is 748 g/mol. The van der Waals surface area contributed by atoms with Gasteiger partial charge < -0.3 is 34.2 Å². The van der Waals surface area contributed by atoms with Crippen molar-refractivity contribution in [2.24, 2.45) is 5.73 Å². The van der Waals surface area contributed by atoms with Gasteiger partial charge in [0, 0.05) is 58.6 Å². The van der Waals surface area contributed by atoms with Gasteiger partial charge in [-0.3, -0.25) is 9.59 Å². The Morgan fingerprint density at radius 2 is 1.70 bits per heavy atom. The van der Waals surface area contributed by atoms with Gasteiger partial charge in [-0.1, -0.05) is 28.1 Å². The van der Waals surface area contributed by atoms with Crippen LogP contribution in [0.25, 0.3) is 22.2 Å². The van der Waals surface area contributed by atoms with Crippen LogP contribution in [0.5, 0.6) is 17.2 Å². The van der Waals surface area contributed by atoms with Crippen molar-refractivity contribution in [2.45, 2.75) is 31.7 Å². The van der Waals surface area contributed by atoms with Gasteiger partial charge in [-0.05, 0) is 121 Å². The molecule has 3 N–H and O–H groups in total. The molecule has 0 bridgehead atoms. The van der Waals surface area contributed by atoms with Gasteiger partial charge in [0.1, 0.15) is 23.5 Å². The molecule has 1 aliphatic heterocycles. The van der Waals surface area contributed by atoms with Crippen molar-refractivity contribution in [3.05, 3.63) is 143 Å². The molecule has 1 aliphatic rings. The van der Waals surface area contributed by atoms with Gasteiger partial charge in [0.05, 0.1) is 20.4 Å². The number of primary amides is 1. The number of aromatic hydroxyl groups is 1. The van der Waals surface area contributed by atoms with Crippen molar-refractivity contribution in [1.29, 1.82) is 0 Å². The molecule has 1 fully saturated rings. The van der Waals surface area contributed by atoms with Crippen molar-refractivity contribution in [2.75, 3.05) is 33.9 Å². The fraction of sp³-hybridized carbons (Fsp3) is 0.233. The minimum atomic E-state index is -0.387. The lowest BCUT2D eigenvalue weighted by Crippen LogP contribution is -2.35. The van der Waals surface area contributed by atoms with Crippen LogP contribution in [0.3, 0.4) is 0 Å². The smallest absolute Gasteiger partial charge is 0.248 e. The van der Waals surface area contributed by atoms with Crippen molar-refractivity contribution < 1.29 is 28.6 Å². The number of hydrogen-bond acceptors (Lipinski definition) is 8. The van der Waals surface area contributed by atoms with Gasteiger partial charge in [-0.2, -0.15) is 0 Å². The maximum absolute atomic E-state index is 11.6. The summed E-state index contributed by atoms with van der Waals surface area (Å²) in [5.74, 6) is 2.37. The van der Waals surface area contributed by atoms with E-state index in [0.29, 0.717) is 29.3 Å². The van der Waals surface area contributed by atoms with Crippen molar-refractivity contribution in [3.8, 4) is 28.6 Å². The number of phenolic OH excluding ortho intramolecular Hbond substituents is 1. The molecule has 280 valence electrons. The first-order valence-electron chi connectivity index (χ1n) is 17.6. The summed E-state index contributed by atoms with van der Waals surface area (Å²) in [6.07, 6.45) is 11.7. The second-order valence-corrected chi connectivity index (χ2v) is 13.7. The number of carbonyl (C=O) groups is 2. The molecule has 54 heavy (non-hydrogen) atoms. The molecule has 1 amide bonds. The number of rotatable bonds is 11. The Balaban J connectivity index is 0.000000218. The van der Waals surface area contributed by atoms with Crippen molar-refractivity contribution >= 4 is 39.0 Å². The molecule has 10 nitrogen and oxygen atoms in total.